The van der Waals surface area contributed by atoms with Gasteiger partial charge in [0.15, 0.2) is 21.6 Å². The molecule has 1 heterocycles. The number of fused-ring (bicyclic) bond motifs is 1. The Morgan fingerprint density at radius 1 is 1.09 bits per heavy atom. The van der Waals surface area contributed by atoms with Crippen LogP contribution in [0.3, 0.4) is 0 Å². The molecule has 7 nitrogen and oxygen atoms in total. The number of halogens is 3. The molecule has 0 aliphatic carbocycles. The highest BCUT2D eigenvalue weighted by molar-refractivity contribution is 7.90. The molecule has 0 aliphatic heterocycles. The SMILES string of the molecule is CS(=O)(=O)c1ccc(OCCCC(=O)Nc2nc3ccc(OCC(F)(F)F)cc3s2)cc1. The van der Waals surface area contributed by atoms with Crippen LogP contribution in [0, 0.1) is 0 Å². The first-order valence-electron chi connectivity index (χ1n) is 9.32. The number of nitrogens with zero attached hydrogens (tertiary/aromatic N) is 1. The fourth-order valence-corrected chi connectivity index (χ4v) is 4.14. The van der Waals surface area contributed by atoms with Crippen LogP contribution in [0.15, 0.2) is 47.4 Å². The largest absolute Gasteiger partial charge is 0.494 e. The number of sulfone groups is 1. The smallest absolute Gasteiger partial charge is 0.422 e. The molecule has 12 heteroatoms. The Hall–Kier alpha value is -2.86. The van der Waals surface area contributed by atoms with Gasteiger partial charge in [-0.3, -0.25) is 4.79 Å². The summed E-state index contributed by atoms with van der Waals surface area (Å²) in [7, 11) is -3.27. The molecule has 172 valence electrons. The molecule has 1 N–H and O–H groups in total. The summed E-state index contributed by atoms with van der Waals surface area (Å²) < 4.78 is 70.5. The van der Waals surface area contributed by atoms with Crippen molar-refractivity contribution in [1.82, 2.24) is 4.98 Å². The van der Waals surface area contributed by atoms with Crippen molar-refractivity contribution in [2.45, 2.75) is 23.9 Å². The highest BCUT2D eigenvalue weighted by Crippen LogP contribution is 2.30. The summed E-state index contributed by atoms with van der Waals surface area (Å²) in [5.41, 5.74) is 0.533. The van der Waals surface area contributed by atoms with Crippen LogP contribution in [0.1, 0.15) is 12.8 Å². The second-order valence-corrected chi connectivity index (χ2v) is 9.84. The first-order chi connectivity index (χ1) is 15.0. The number of nitrogens with one attached hydrogen (secondary N) is 1. The molecule has 0 atom stereocenters. The first kappa shape index (κ1) is 23.8. The lowest BCUT2D eigenvalue weighted by molar-refractivity contribution is -0.153. The highest BCUT2D eigenvalue weighted by atomic mass is 32.2. The van der Waals surface area contributed by atoms with Crippen molar-refractivity contribution in [3.05, 3.63) is 42.5 Å². The van der Waals surface area contributed by atoms with Gasteiger partial charge in [-0.25, -0.2) is 13.4 Å². The van der Waals surface area contributed by atoms with Crippen LogP contribution in [0.25, 0.3) is 10.2 Å². The molecule has 0 saturated carbocycles. The third-order valence-electron chi connectivity index (χ3n) is 4.08. The second kappa shape index (κ2) is 9.74. The van der Waals surface area contributed by atoms with Crippen molar-refractivity contribution in [2.75, 3.05) is 24.8 Å². The molecule has 1 aromatic heterocycles. The number of rotatable bonds is 9. The molecular weight excluding hydrogens is 469 g/mol. The van der Waals surface area contributed by atoms with Crippen molar-refractivity contribution < 1.29 is 35.9 Å². The van der Waals surface area contributed by atoms with Crippen LogP contribution in [-0.4, -0.2) is 45.0 Å². The molecule has 0 aliphatic rings. The second-order valence-electron chi connectivity index (χ2n) is 6.80. The fraction of sp³-hybridized carbons (Fsp3) is 0.300. The average Bonchev–Trinajstić information content (AvgIpc) is 3.10. The van der Waals surface area contributed by atoms with Gasteiger partial charge in [0.2, 0.25) is 5.91 Å². The lowest BCUT2D eigenvalue weighted by Gasteiger charge is -2.08. The van der Waals surface area contributed by atoms with Gasteiger partial charge in [0.1, 0.15) is 11.5 Å². The van der Waals surface area contributed by atoms with Crippen LogP contribution >= 0.6 is 11.3 Å². The van der Waals surface area contributed by atoms with Gasteiger partial charge in [0.05, 0.1) is 21.7 Å². The number of aromatic nitrogens is 1. The molecule has 1 amide bonds. The Labute approximate surface area is 186 Å². The van der Waals surface area contributed by atoms with Crippen LogP contribution < -0.4 is 14.8 Å². The molecule has 0 fully saturated rings. The topological polar surface area (TPSA) is 94.6 Å². The predicted molar refractivity (Wildman–Crippen MR) is 114 cm³/mol. The standard InChI is InChI=1S/C20H19F3N2O5S2/c1-32(27,28)15-7-4-13(5-8-15)29-10-2-3-18(26)25-19-24-16-9-6-14(11-17(16)31-19)30-12-20(21,22)23/h4-9,11H,2-3,10,12H2,1H3,(H,24,25,26). The zero-order valence-electron chi connectivity index (χ0n) is 16.8. The van der Waals surface area contributed by atoms with Gasteiger partial charge in [-0.1, -0.05) is 11.3 Å². The van der Waals surface area contributed by atoms with E-state index in [4.69, 9.17) is 9.47 Å². The van der Waals surface area contributed by atoms with Crippen LogP contribution in [0.4, 0.5) is 18.3 Å². The van der Waals surface area contributed by atoms with Crippen molar-refractivity contribution in [2.24, 2.45) is 0 Å². The quantitative estimate of drug-likeness (QED) is 0.448. The number of anilines is 1. The van der Waals surface area contributed by atoms with E-state index in [-0.39, 0.29) is 29.6 Å². The zero-order valence-corrected chi connectivity index (χ0v) is 18.4. The Balaban J connectivity index is 1.46. The molecule has 0 saturated heterocycles. The van der Waals surface area contributed by atoms with E-state index >= 15 is 0 Å². The number of hydrogen-bond donors (Lipinski definition) is 1. The van der Waals surface area contributed by atoms with Gasteiger partial charge in [0.25, 0.3) is 0 Å². The highest BCUT2D eigenvalue weighted by Gasteiger charge is 2.28. The minimum absolute atomic E-state index is 0.0677. The molecule has 0 bridgehead atoms. The lowest BCUT2D eigenvalue weighted by atomic mass is 10.3. The van der Waals surface area contributed by atoms with Crippen LogP contribution in [0.5, 0.6) is 11.5 Å². The van der Waals surface area contributed by atoms with Crippen LogP contribution in [-0.2, 0) is 14.6 Å². The third kappa shape index (κ3) is 7.09. The first-order valence-corrected chi connectivity index (χ1v) is 12.0. The Bertz CT molecular complexity index is 1190. The van der Waals surface area contributed by atoms with E-state index in [0.717, 1.165) is 17.6 Å². The minimum atomic E-state index is -4.43. The Kier molecular flexibility index (Phi) is 7.24. The number of ether oxygens (including phenoxy) is 2. The predicted octanol–water partition coefficient (Wildman–Crippen LogP) is 4.44. The van der Waals surface area contributed by atoms with Crippen molar-refractivity contribution in [3.63, 3.8) is 0 Å². The fourth-order valence-electron chi connectivity index (χ4n) is 2.60. The van der Waals surface area contributed by atoms with E-state index in [1.54, 1.807) is 12.1 Å². The summed E-state index contributed by atoms with van der Waals surface area (Å²) >= 11 is 1.13. The average molecular weight is 489 g/mol. The molecule has 0 radical (unpaired) electrons. The lowest BCUT2D eigenvalue weighted by Crippen LogP contribution is -2.19. The maximum atomic E-state index is 12.3. The summed E-state index contributed by atoms with van der Waals surface area (Å²) in [6.07, 6.45) is -2.73. The molecule has 3 rings (SSSR count). The number of alkyl halides is 3. The van der Waals surface area contributed by atoms with Crippen molar-refractivity contribution in [3.8, 4) is 11.5 Å². The van der Waals surface area contributed by atoms with E-state index in [0.29, 0.717) is 27.5 Å². The van der Waals surface area contributed by atoms with Crippen molar-refractivity contribution >= 4 is 42.4 Å². The Morgan fingerprint density at radius 2 is 1.78 bits per heavy atom. The maximum Gasteiger partial charge on any atom is 0.422 e. The summed E-state index contributed by atoms with van der Waals surface area (Å²) in [5, 5.41) is 2.98. The summed E-state index contributed by atoms with van der Waals surface area (Å²) in [5.74, 6) is 0.277. The summed E-state index contributed by atoms with van der Waals surface area (Å²) in [6, 6.07) is 10.3. The summed E-state index contributed by atoms with van der Waals surface area (Å²) in [4.78, 5) is 16.5. The molecule has 3 aromatic rings. The van der Waals surface area contributed by atoms with E-state index in [1.807, 2.05) is 0 Å². The molecule has 0 spiro atoms. The normalized spacial score (nSPS) is 12.0. The van der Waals surface area contributed by atoms with E-state index in [2.05, 4.69) is 10.3 Å². The number of amides is 1. The molecule has 2 aromatic carbocycles. The van der Waals surface area contributed by atoms with Gasteiger partial charge in [0, 0.05) is 12.7 Å². The minimum Gasteiger partial charge on any atom is -0.494 e. The van der Waals surface area contributed by atoms with Gasteiger partial charge in [-0.2, -0.15) is 13.2 Å². The number of carbonyl (C=O) groups is 1. The van der Waals surface area contributed by atoms with E-state index in [9.17, 15) is 26.4 Å². The summed E-state index contributed by atoms with van der Waals surface area (Å²) in [6.45, 7) is -1.13. The monoisotopic (exact) mass is 488 g/mol. The molecule has 0 unspecified atom stereocenters. The van der Waals surface area contributed by atoms with E-state index < -0.39 is 22.6 Å². The number of hydrogen-bond acceptors (Lipinski definition) is 7. The van der Waals surface area contributed by atoms with Gasteiger partial charge < -0.3 is 14.8 Å². The van der Waals surface area contributed by atoms with Gasteiger partial charge in [-0.05, 0) is 48.9 Å². The number of benzene rings is 2. The van der Waals surface area contributed by atoms with Gasteiger partial charge in [-0.15, -0.1) is 0 Å². The van der Waals surface area contributed by atoms with Gasteiger partial charge >= 0.3 is 6.18 Å². The number of thiazole rings is 1. The number of carbonyl (C=O) groups excluding carboxylic acids is 1. The zero-order chi connectivity index (χ0) is 23.4. The maximum absolute atomic E-state index is 12.3. The molecular formula is C20H19F3N2O5S2. The van der Waals surface area contributed by atoms with E-state index in [1.165, 1.54) is 30.3 Å². The van der Waals surface area contributed by atoms with Crippen LogP contribution in [0.2, 0.25) is 0 Å². The Morgan fingerprint density at radius 3 is 2.44 bits per heavy atom. The van der Waals surface area contributed by atoms with Crippen molar-refractivity contribution in [1.29, 1.82) is 0 Å². The molecule has 32 heavy (non-hydrogen) atoms. The third-order valence-corrected chi connectivity index (χ3v) is 6.14.